The molecule has 1 aliphatic heterocycles. The molecular weight excluding hydrogens is 323 g/mol. The number of anilines is 1. The average molecular weight is 338 g/mol. The fourth-order valence-electron chi connectivity index (χ4n) is 2.34. The smallest absolute Gasteiger partial charge is 0.238 e. The van der Waals surface area contributed by atoms with Gasteiger partial charge in [0.05, 0.1) is 28.9 Å². The van der Waals surface area contributed by atoms with Crippen LogP contribution < -0.4 is 5.32 Å². The first kappa shape index (κ1) is 15.9. The van der Waals surface area contributed by atoms with Crippen molar-refractivity contribution in [3.63, 3.8) is 0 Å². The Hall–Kier alpha value is -0.520. The maximum absolute atomic E-state index is 12.0. The van der Waals surface area contributed by atoms with E-state index < -0.39 is 0 Å². The lowest BCUT2D eigenvalue weighted by Gasteiger charge is -2.22. The topological polar surface area (TPSA) is 52.6 Å². The predicted octanol–water partition coefficient (Wildman–Crippen LogP) is 3.04. The normalized spacial score (nSPS) is 19.3. The Morgan fingerprint density at radius 3 is 2.60 bits per heavy atom. The summed E-state index contributed by atoms with van der Waals surface area (Å²) in [5.41, 5.74) is 0.363. The van der Waals surface area contributed by atoms with Crippen LogP contribution in [0.1, 0.15) is 12.8 Å². The lowest BCUT2D eigenvalue weighted by Crippen LogP contribution is -2.38. The van der Waals surface area contributed by atoms with E-state index in [4.69, 9.17) is 34.8 Å². The summed E-state index contributed by atoms with van der Waals surface area (Å²) in [5.74, 6) is -0.212. The van der Waals surface area contributed by atoms with Crippen molar-refractivity contribution in [2.75, 3.05) is 25.0 Å². The number of benzene rings is 1. The fourth-order valence-corrected chi connectivity index (χ4v) is 3.25. The maximum atomic E-state index is 12.0. The van der Waals surface area contributed by atoms with Crippen molar-refractivity contribution < 1.29 is 9.90 Å². The average Bonchev–Trinajstić information content (AvgIpc) is 2.81. The second-order valence-electron chi connectivity index (χ2n) is 4.74. The maximum Gasteiger partial charge on any atom is 0.238 e. The van der Waals surface area contributed by atoms with Crippen LogP contribution in [0.5, 0.6) is 0 Å². The van der Waals surface area contributed by atoms with Crippen LogP contribution in [-0.4, -0.2) is 41.7 Å². The molecule has 4 nitrogen and oxygen atoms in total. The van der Waals surface area contributed by atoms with E-state index in [9.17, 15) is 9.90 Å². The molecule has 2 N–H and O–H groups in total. The first-order chi connectivity index (χ1) is 9.51. The molecule has 1 atom stereocenters. The molecule has 1 amide bonds. The summed E-state index contributed by atoms with van der Waals surface area (Å²) in [5, 5.41) is 12.9. The summed E-state index contributed by atoms with van der Waals surface area (Å²) in [7, 11) is 0. The van der Waals surface area contributed by atoms with Gasteiger partial charge in [0, 0.05) is 11.1 Å². The Morgan fingerprint density at radius 1 is 1.35 bits per heavy atom. The third-order valence-corrected chi connectivity index (χ3v) is 4.14. The summed E-state index contributed by atoms with van der Waals surface area (Å²) in [6.07, 6.45) is 1.90. The number of carbonyl (C=O) groups is 1. The lowest BCUT2D eigenvalue weighted by atomic mass is 10.2. The molecule has 20 heavy (non-hydrogen) atoms. The molecule has 1 heterocycles. The number of aliphatic hydroxyl groups is 1. The Bertz CT molecular complexity index is 487. The third kappa shape index (κ3) is 3.77. The van der Waals surface area contributed by atoms with E-state index in [1.165, 1.54) is 12.1 Å². The molecule has 1 aliphatic rings. The zero-order valence-corrected chi connectivity index (χ0v) is 13.0. The highest BCUT2D eigenvalue weighted by Gasteiger charge is 2.25. The van der Waals surface area contributed by atoms with Crippen molar-refractivity contribution in [3.05, 3.63) is 27.2 Å². The van der Waals surface area contributed by atoms with Gasteiger partial charge in [-0.3, -0.25) is 9.69 Å². The standard InChI is InChI=1S/C13H15Cl3N2O2/c14-8-4-10(15)13(11(16)5-8)17-12(20)6-18-3-1-2-9(18)7-19/h4-5,9,19H,1-3,6-7H2,(H,17,20)/t9-/m0/s1. The van der Waals surface area contributed by atoms with Crippen molar-refractivity contribution in [3.8, 4) is 0 Å². The number of halogens is 3. The minimum absolute atomic E-state index is 0.0527. The number of nitrogens with one attached hydrogen (secondary N) is 1. The molecule has 1 aromatic rings. The molecule has 1 aromatic carbocycles. The lowest BCUT2D eigenvalue weighted by molar-refractivity contribution is -0.117. The largest absolute Gasteiger partial charge is 0.395 e. The van der Waals surface area contributed by atoms with E-state index in [1.54, 1.807) is 0 Å². The van der Waals surface area contributed by atoms with Gasteiger partial charge in [-0.2, -0.15) is 0 Å². The van der Waals surface area contributed by atoms with E-state index in [0.717, 1.165) is 19.4 Å². The summed E-state index contributed by atoms with van der Waals surface area (Å²) in [6.45, 7) is 1.08. The van der Waals surface area contributed by atoms with Crippen LogP contribution in [0.25, 0.3) is 0 Å². The molecule has 7 heteroatoms. The molecule has 0 aliphatic carbocycles. The fraction of sp³-hybridized carbons (Fsp3) is 0.462. The molecule has 2 rings (SSSR count). The van der Waals surface area contributed by atoms with Gasteiger partial charge in [0.2, 0.25) is 5.91 Å². The second kappa shape index (κ2) is 6.96. The monoisotopic (exact) mass is 336 g/mol. The molecular formula is C13H15Cl3N2O2. The second-order valence-corrected chi connectivity index (χ2v) is 5.99. The Labute approximate surface area is 132 Å². The number of nitrogens with zero attached hydrogens (tertiary/aromatic N) is 1. The van der Waals surface area contributed by atoms with Gasteiger partial charge in [-0.15, -0.1) is 0 Å². The quantitative estimate of drug-likeness (QED) is 0.888. The molecule has 0 spiro atoms. The number of aliphatic hydroxyl groups excluding tert-OH is 1. The van der Waals surface area contributed by atoms with Crippen LogP contribution in [0.3, 0.4) is 0 Å². The summed E-state index contributed by atoms with van der Waals surface area (Å²) >= 11 is 17.8. The summed E-state index contributed by atoms with van der Waals surface area (Å²) < 4.78 is 0. The number of hydrogen-bond donors (Lipinski definition) is 2. The van der Waals surface area contributed by atoms with Crippen LogP contribution in [0.15, 0.2) is 12.1 Å². The van der Waals surface area contributed by atoms with Gasteiger partial charge in [0.15, 0.2) is 0 Å². The highest BCUT2D eigenvalue weighted by molar-refractivity contribution is 6.42. The van der Waals surface area contributed by atoms with Crippen LogP contribution >= 0.6 is 34.8 Å². The Kier molecular flexibility index (Phi) is 5.52. The number of amides is 1. The molecule has 0 saturated carbocycles. The SMILES string of the molecule is O=C(CN1CCC[C@H]1CO)Nc1c(Cl)cc(Cl)cc1Cl. The Morgan fingerprint density at radius 2 is 2.00 bits per heavy atom. The molecule has 1 saturated heterocycles. The Balaban J connectivity index is 2.01. The highest BCUT2D eigenvalue weighted by Crippen LogP contribution is 2.33. The van der Waals surface area contributed by atoms with Crippen molar-refractivity contribution in [1.29, 1.82) is 0 Å². The summed E-state index contributed by atoms with van der Waals surface area (Å²) in [6, 6.07) is 3.10. The molecule has 0 unspecified atom stereocenters. The van der Waals surface area contributed by atoms with Crippen molar-refractivity contribution in [2.45, 2.75) is 18.9 Å². The van der Waals surface area contributed by atoms with Crippen LogP contribution in [-0.2, 0) is 4.79 Å². The van der Waals surface area contributed by atoms with Crippen LogP contribution in [0.4, 0.5) is 5.69 Å². The van der Waals surface area contributed by atoms with Crippen molar-refractivity contribution >= 4 is 46.4 Å². The van der Waals surface area contributed by atoms with Gasteiger partial charge in [-0.1, -0.05) is 34.8 Å². The van der Waals surface area contributed by atoms with Gasteiger partial charge in [-0.05, 0) is 31.5 Å². The minimum atomic E-state index is -0.212. The number of likely N-dealkylation sites (tertiary alicyclic amines) is 1. The van der Waals surface area contributed by atoms with Crippen molar-refractivity contribution in [1.82, 2.24) is 4.90 Å². The number of carbonyl (C=O) groups excluding carboxylic acids is 1. The van der Waals surface area contributed by atoms with Gasteiger partial charge in [0.25, 0.3) is 0 Å². The number of hydrogen-bond acceptors (Lipinski definition) is 3. The highest BCUT2D eigenvalue weighted by atomic mass is 35.5. The van der Waals surface area contributed by atoms with Gasteiger partial charge in [0.1, 0.15) is 0 Å². The zero-order valence-electron chi connectivity index (χ0n) is 10.7. The van der Waals surface area contributed by atoms with Gasteiger partial charge >= 0.3 is 0 Å². The zero-order chi connectivity index (χ0) is 14.7. The third-order valence-electron chi connectivity index (χ3n) is 3.33. The minimum Gasteiger partial charge on any atom is -0.395 e. The number of rotatable bonds is 4. The van der Waals surface area contributed by atoms with Gasteiger partial charge in [-0.25, -0.2) is 0 Å². The summed E-state index contributed by atoms with van der Waals surface area (Å²) in [4.78, 5) is 14.0. The van der Waals surface area contributed by atoms with E-state index in [0.29, 0.717) is 20.8 Å². The molecule has 110 valence electrons. The first-order valence-electron chi connectivity index (χ1n) is 6.30. The van der Waals surface area contributed by atoms with E-state index in [2.05, 4.69) is 5.32 Å². The molecule has 1 fully saturated rings. The molecule has 0 aromatic heterocycles. The van der Waals surface area contributed by atoms with Crippen LogP contribution in [0, 0.1) is 0 Å². The van der Waals surface area contributed by atoms with E-state index >= 15 is 0 Å². The first-order valence-corrected chi connectivity index (χ1v) is 7.44. The predicted molar refractivity (Wildman–Crippen MR) is 81.8 cm³/mol. The van der Waals surface area contributed by atoms with Crippen molar-refractivity contribution in [2.24, 2.45) is 0 Å². The van der Waals surface area contributed by atoms with E-state index in [1.807, 2.05) is 4.90 Å². The molecule has 0 radical (unpaired) electrons. The van der Waals surface area contributed by atoms with Gasteiger partial charge < -0.3 is 10.4 Å². The van der Waals surface area contributed by atoms with Crippen LogP contribution in [0.2, 0.25) is 15.1 Å². The van der Waals surface area contributed by atoms with E-state index in [-0.39, 0.29) is 25.1 Å². The molecule has 0 bridgehead atoms.